The van der Waals surface area contributed by atoms with E-state index in [-0.39, 0.29) is 0 Å². The summed E-state index contributed by atoms with van der Waals surface area (Å²) in [6.45, 7) is 0. The van der Waals surface area contributed by atoms with Crippen molar-refractivity contribution in [1.82, 2.24) is 9.78 Å². The Morgan fingerprint density at radius 1 is 1.33 bits per heavy atom. The van der Waals surface area contributed by atoms with E-state index in [0.29, 0.717) is 27.4 Å². The fourth-order valence-corrected chi connectivity index (χ4v) is 4.24. The molecule has 0 radical (unpaired) electrons. The Kier molecular flexibility index (Phi) is 4.31. The van der Waals surface area contributed by atoms with Crippen LogP contribution in [-0.4, -0.2) is 14.0 Å². The van der Waals surface area contributed by atoms with Crippen LogP contribution in [0, 0.1) is 0 Å². The molecular formula is C15H18ClN3OS. The molecule has 1 aliphatic rings. The van der Waals surface area contributed by atoms with Gasteiger partial charge in [0.15, 0.2) is 0 Å². The van der Waals surface area contributed by atoms with Gasteiger partial charge in [-0.25, -0.2) is 0 Å². The third-order valence-electron chi connectivity index (χ3n) is 3.84. The van der Waals surface area contributed by atoms with Gasteiger partial charge in [-0.15, -0.1) is 0 Å². The minimum Gasteiger partial charge on any atom is -0.399 e. The van der Waals surface area contributed by atoms with Gasteiger partial charge in [0.1, 0.15) is 0 Å². The number of halogens is 1. The average Bonchev–Trinajstić information content (AvgIpc) is 3.11. The molecular weight excluding hydrogens is 306 g/mol. The van der Waals surface area contributed by atoms with Gasteiger partial charge in [-0.3, -0.25) is 8.89 Å². The Labute approximate surface area is 131 Å². The standard InChI is InChI=1S/C15H18ClN3OS/c16-14-6-5-11(17)9-15(14)21(20)10-12-7-8-19(18-12)13-3-1-2-4-13/h5-9,13H,1-4,10,17H2. The Balaban J connectivity index is 1.74. The summed E-state index contributed by atoms with van der Waals surface area (Å²) in [6, 6.07) is 7.50. The monoisotopic (exact) mass is 323 g/mol. The lowest BCUT2D eigenvalue weighted by atomic mass is 10.3. The highest BCUT2D eigenvalue weighted by molar-refractivity contribution is 7.84. The van der Waals surface area contributed by atoms with Crippen molar-refractivity contribution < 1.29 is 4.21 Å². The number of benzene rings is 1. The average molecular weight is 324 g/mol. The second-order valence-corrected chi connectivity index (χ2v) is 7.23. The van der Waals surface area contributed by atoms with Crippen LogP contribution in [0.25, 0.3) is 0 Å². The molecule has 1 fully saturated rings. The molecule has 1 aliphatic carbocycles. The van der Waals surface area contributed by atoms with Gasteiger partial charge in [0.25, 0.3) is 0 Å². The second-order valence-electron chi connectivity index (χ2n) is 5.41. The van der Waals surface area contributed by atoms with Crippen LogP contribution < -0.4 is 5.73 Å². The molecule has 3 rings (SSSR count). The number of nitrogens with zero attached hydrogens (tertiary/aromatic N) is 2. The van der Waals surface area contributed by atoms with Gasteiger partial charge < -0.3 is 5.73 Å². The summed E-state index contributed by atoms with van der Waals surface area (Å²) in [4.78, 5) is 0.576. The van der Waals surface area contributed by atoms with E-state index in [1.165, 1.54) is 25.7 Å². The molecule has 6 heteroatoms. The molecule has 1 atom stereocenters. The van der Waals surface area contributed by atoms with E-state index in [1.807, 2.05) is 16.9 Å². The predicted molar refractivity (Wildman–Crippen MR) is 85.7 cm³/mol. The smallest absolute Gasteiger partial charge is 0.0753 e. The van der Waals surface area contributed by atoms with Crippen molar-refractivity contribution in [2.75, 3.05) is 5.73 Å². The summed E-state index contributed by atoms with van der Waals surface area (Å²) in [5.41, 5.74) is 7.13. The maximum Gasteiger partial charge on any atom is 0.0753 e. The van der Waals surface area contributed by atoms with Crippen LogP contribution >= 0.6 is 11.6 Å². The highest BCUT2D eigenvalue weighted by Crippen LogP contribution is 2.29. The van der Waals surface area contributed by atoms with Crippen LogP contribution in [0.2, 0.25) is 5.02 Å². The van der Waals surface area contributed by atoms with Gasteiger partial charge in [-0.05, 0) is 37.1 Å². The minimum absolute atomic E-state index is 0.364. The first kappa shape index (κ1) is 14.6. The molecule has 21 heavy (non-hydrogen) atoms. The van der Waals surface area contributed by atoms with Gasteiger partial charge in [-0.2, -0.15) is 5.10 Å². The van der Waals surface area contributed by atoms with Gasteiger partial charge in [0.05, 0.1) is 38.2 Å². The number of nitrogens with two attached hydrogens (primary N) is 1. The van der Waals surface area contributed by atoms with E-state index >= 15 is 0 Å². The van der Waals surface area contributed by atoms with Crippen molar-refractivity contribution in [2.45, 2.75) is 42.4 Å². The number of hydrogen-bond acceptors (Lipinski definition) is 3. The summed E-state index contributed by atoms with van der Waals surface area (Å²) < 4.78 is 14.5. The second kappa shape index (κ2) is 6.20. The maximum absolute atomic E-state index is 12.4. The van der Waals surface area contributed by atoms with Crippen molar-refractivity contribution >= 4 is 28.1 Å². The Morgan fingerprint density at radius 3 is 2.86 bits per heavy atom. The van der Waals surface area contributed by atoms with Crippen molar-refractivity contribution in [2.24, 2.45) is 0 Å². The van der Waals surface area contributed by atoms with Crippen molar-refractivity contribution in [3.63, 3.8) is 0 Å². The van der Waals surface area contributed by atoms with Crippen LogP contribution in [0.1, 0.15) is 37.4 Å². The third-order valence-corrected chi connectivity index (χ3v) is 5.67. The first-order chi connectivity index (χ1) is 10.1. The lowest BCUT2D eigenvalue weighted by Crippen LogP contribution is -2.06. The normalized spacial score (nSPS) is 17.2. The molecule has 0 spiro atoms. The van der Waals surface area contributed by atoms with Crippen LogP contribution in [0.15, 0.2) is 35.4 Å². The molecule has 1 saturated carbocycles. The zero-order valence-electron chi connectivity index (χ0n) is 11.7. The molecule has 1 heterocycles. The van der Waals surface area contributed by atoms with E-state index in [0.717, 1.165) is 5.69 Å². The maximum atomic E-state index is 12.4. The lowest BCUT2D eigenvalue weighted by Gasteiger charge is -2.09. The summed E-state index contributed by atoms with van der Waals surface area (Å²) >= 11 is 6.09. The van der Waals surface area contributed by atoms with Crippen molar-refractivity contribution in [3.8, 4) is 0 Å². The zero-order valence-corrected chi connectivity index (χ0v) is 13.2. The summed E-state index contributed by atoms with van der Waals surface area (Å²) in [7, 11) is -1.23. The molecule has 1 unspecified atom stereocenters. The number of hydrogen-bond donors (Lipinski definition) is 1. The van der Waals surface area contributed by atoms with Gasteiger partial charge >= 0.3 is 0 Å². The first-order valence-corrected chi connectivity index (χ1v) is 8.80. The van der Waals surface area contributed by atoms with E-state index < -0.39 is 10.8 Å². The highest BCUT2D eigenvalue weighted by atomic mass is 35.5. The molecule has 0 bridgehead atoms. The molecule has 1 aromatic heterocycles. The van der Waals surface area contributed by atoms with E-state index in [4.69, 9.17) is 17.3 Å². The number of nitrogen functional groups attached to an aromatic ring is 1. The summed E-state index contributed by atoms with van der Waals surface area (Å²) in [6.07, 6.45) is 6.90. The van der Waals surface area contributed by atoms with Gasteiger partial charge in [0.2, 0.25) is 0 Å². The Hall–Kier alpha value is -1.33. The third kappa shape index (κ3) is 3.30. The summed E-state index contributed by atoms with van der Waals surface area (Å²) in [5.74, 6) is 0.364. The summed E-state index contributed by atoms with van der Waals surface area (Å²) in [5, 5.41) is 5.04. The molecule has 0 amide bonds. The molecule has 2 aromatic rings. The fraction of sp³-hybridized carbons (Fsp3) is 0.400. The Morgan fingerprint density at radius 2 is 2.10 bits per heavy atom. The molecule has 2 N–H and O–H groups in total. The molecule has 112 valence electrons. The van der Waals surface area contributed by atoms with Gasteiger partial charge in [-0.1, -0.05) is 24.4 Å². The first-order valence-electron chi connectivity index (χ1n) is 7.11. The van der Waals surface area contributed by atoms with Crippen LogP contribution in [-0.2, 0) is 16.6 Å². The van der Waals surface area contributed by atoms with Crippen LogP contribution in [0.4, 0.5) is 5.69 Å². The van der Waals surface area contributed by atoms with E-state index in [1.54, 1.807) is 18.2 Å². The topological polar surface area (TPSA) is 60.9 Å². The quantitative estimate of drug-likeness (QED) is 0.875. The molecule has 0 aliphatic heterocycles. The van der Waals surface area contributed by atoms with E-state index in [2.05, 4.69) is 5.10 Å². The molecule has 4 nitrogen and oxygen atoms in total. The Bertz CT molecular complexity index is 665. The van der Waals surface area contributed by atoms with Crippen molar-refractivity contribution in [3.05, 3.63) is 41.2 Å². The molecule has 1 aromatic carbocycles. The largest absolute Gasteiger partial charge is 0.399 e. The van der Waals surface area contributed by atoms with Gasteiger partial charge in [0, 0.05) is 11.9 Å². The minimum atomic E-state index is -1.23. The number of rotatable bonds is 4. The fourth-order valence-electron chi connectivity index (χ4n) is 2.73. The molecule has 0 saturated heterocycles. The SMILES string of the molecule is Nc1ccc(Cl)c(S(=O)Cc2ccn(C3CCCC3)n2)c1. The zero-order chi connectivity index (χ0) is 14.8. The number of aromatic nitrogens is 2. The van der Waals surface area contributed by atoms with Crippen LogP contribution in [0.5, 0.6) is 0 Å². The van der Waals surface area contributed by atoms with Crippen LogP contribution in [0.3, 0.4) is 0 Å². The highest BCUT2D eigenvalue weighted by Gasteiger charge is 2.18. The lowest BCUT2D eigenvalue weighted by molar-refractivity contribution is 0.464. The van der Waals surface area contributed by atoms with Crippen molar-refractivity contribution in [1.29, 1.82) is 0 Å². The predicted octanol–water partition coefficient (Wildman–Crippen LogP) is 3.54. The van der Waals surface area contributed by atoms with E-state index in [9.17, 15) is 4.21 Å². The number of anilines is 1.